The van der Waals surface area contributed by atoms with Gasteiger partial charge in [-0.25, -0.2) is 17.1 Å². The maximum Gasteiger partial charge on any atom is 0.251 e. The molecule has 2 fully saturated rings. The standard InChI is InChI=1S/C22H24FN3O4S/c23-18-8-6-16(7-9-18)20(25-11-1-2-12-25)15-24-22(28)17-4-3-5-19(14-17)26-21(27)10-13-31(26,29)30/h3-9,14,20H,1-2,10-13,15H2,(H,24,28). The Kier molecular flexibility index (Phi) is 6.06. The van der Waals surface area contributed by atoms with Crippen molar-refractivity contribution < 1.29 is 22.4 Å². The van der Waals surface area contributed by atoms with Gasteiger partial charge in [-0.2, -0.15) is 0 Å². The van der Waals surface area contributed by atoms with E-state index >= 15 is 0 Å². The summed E-state index contributed by atoms with van der Waals surface area (Å²) >= 11 is 0. The van der Waals surface area contributed by atoms with Gasteiger partial charge in [0, 0.05) is 18.5 Å². The number of amides is 2. The zero-order valence-electron chi connectivity index (χ0n) is 17.0. The Balaban J connectivity index is 1.50. The van der Waals surface area contributed by atoms with Gasteiger partial charge in [-0.3, -0.25) is 14.5 Å². The van der Waals surface area contributed by atoms with Crippen LogP contribution in [0.3, 0.4) is 0 Å². The van der Waals surface area contributed by atoms with E-state index in [1.165, 1.54) is 24.3 Å². The van der Waals surface area contributed by atoms with Crippen LogP contribution in [0.5, 0.6) is 0 Å². The first kappa shape index (κ1) is 21.5. The molecule has 9 heteroatoms. The van der Waals surface area contributed by atoms with Crippen LogP contribution in [0.2, 0.25) is 0 Å². The van der Waals surface area contributed by atoms with E-state index in [-0.39, 0.29) is 41.2 Å². The molecule has 1 atom stereocenters. The van der Waals surface area contributed by atoms with Crippen molar-refractivity contribution in [3.63, 3.8) is 0 Å². The molecule has 2 aromatic rings. The molecule has 31 heavy (non-hydrogen) atoms. The minimum absolute atomic E-state index is 0.0616. The second kappa shape index (κ2) is 8.76. The zero-order chi connectivity index (χ0) is 22.0. The Morgan fingerprint density at radius 2 is 1.81 bits per heavy atom. The fourth-order valence-electron chi connectivity index (χ4n) is 4.13. The summed E-state index contributed by atoms with van der Waals surface area (Å²) in [6.45, 7) is 2.14. The molecule has 2 saturated heterocycles. The van der Waals surface area contributed by atoms with E-state index in [1.807, 2.05) is 0 Å². The third-order valence-electron chi connectivity index (χ3n) is 5.71. The van der Waals surface area contributed by atoms with E-state index in [0.717, 1.165) is 35.8 Å². The number of carbonyl (C=O) groups excluding carboxylic acids is 2. The molecule has 7 nitrogen and oxygen atoms in total. The first-order valence-corrected chi connectivity index (χ1v) is 11.9. The fourth-order valence-corrected chi connectivity index (χ4v) is 5.58. The van der Waals surface area contributed by atoms with Crippen molar-refractivity contribution in [3.05, 3.63) is 65.5 Å². The summed E-state index contributed by atoms with van der Waals surface area (Å²) in [4.78, 5) is 27.1. The molecule has 4 rings (SSSR count). The number of rotatable bonds is 6. The van der Waals surface area contributed by atoms with E-state index in [2.05, 4.69) is 10.2 Å². The van der Waals surface area contributed by atoms with E-state index in [9.17, 15) is 22.4 Å². The summed E-state index contributed by atoms with van der Waals surface area (Å²) in [5.74, 6) is -1.39. The fraction of sp³-hybridized carbons (Fsp3) is 0.364. The molecule has 0 aromatic heterocycles. The van der Waals surface area contributed by atoms with E-state index in [0.29, 0.717) is 6.54 Å². The van der Waals surface area contributed by atoms with Crippen LogP contribution in [0.1, 0.15) is 41.2 Å². The minimum Gasteiger partial charge on any atom is -0.350 e. The Morgan fingerprint density at radius 3 is 2.45 bits per heavy atom. The summed E-state index contributed by atoms with van der Waals surface area (Å²) < 4.78 is 38.5. The normalized spacial score (nSPS) is 19.5. The monoisotopic (exact) mass is 445 g/mol. The first-order valence-electron chi connectivity index (χ1n) is 10.3. The second-order valence-electron chi connectivity index (χ2n) is 7.79. The first-order chi connectivity index (χ1) is 14.8. The van der Waals surface area contributed by atoms with Crippen LogP contribution in [0, 0.1) is 5.82 Å². The van der Waals surface area contributed by atoms with Crippen molar-refractivity contribution in [1.82, 2.24) is 10.2 Å². The van der Waals surface area contributed by atoms with Crippen LogP contribution in [-0.2, 0) is 14.8 Å². The van der Waals surface area contributed by atoms with Crippen LogP contribution in [0.4, 0.5) is 10.1 Å². The topological polar surface area (TPSA) is 86.8 Å². The highest BCUT2D eigenvalue weighted by Gasteiger charge is 2.36. The van der Waals surface area contributed by atoms with Gasteiger partial charge in [-0.05, 0) is 61.8 Å². The van der Waals surface area contributed by atoms with Gasteiger partial charge in [0.2, 0.25) is 15.9 Å². The summed E-state index contributed by atoms with van der Waals surface area (Å²) in [6, 6.07) is 12.3. The molecule has 2 heterocycles. The summed E-state index contributed by atoms with van der Waals surface area (Å²) in [5.41, 5.74) is 1.36. The zero-order valence-corrected chi connectivity index (χ0v) is 17.8. The molecular weight excluding hydrogens is 421 g/mol. The number of anilines is 1. The quantitative estimate of drug-likeness (QED) is 0.738. The van der Waals surface area contributed by atoms with Gasteiger partial charge >= 0.3 is 0 Å². The molecule has 1 unspecified atom stereocenters. The molecule has 0 bridgehead atoms. The van der Waals surface area contributed by atoms with Gasteiger partial charge in [-0.1, -0.05) is 18.2 Å². The third kappa shape index (κ3) is 4.62. The SMILES string of the molecule is O=C(NCC(c1ccc(F)cc1)N1CCCC1)c1cccc(N2C(=O)CCS2(=O)=O)c1. The van der Waals surface area contributed by atoms with Crippen molar-refractivity contribution in [2.75, 3.05) is 29.7 Å². The summed E-state index contributed by atoms with van der Waals surface area (Å²) in [6.07, 6.45) is 2.09. The van der Waals surface area contributed by atoms with E-state index in [1.54, 1.807) is 24.3 Å². The van der Waals surface area contributed by atoms with Gasteiger partial charge in [0.25, 0.3) is 5.91 Å². The average molecular weight is 446 g/mol. The molecule has 1 N–H and O–H groups in total. The lowest BCUT2D eigenvalue weighted by Crippen LogP contribution is -2.37. The summed E-state index contributed by atoms with van der Waals surface area (Å²) in [7, 11) is -3.69. The number of nitrogens with zero attached hydrogens (tertiary/aromatic N) is 2. The highest BCUT2D eigenvalue weighted by molar-refractivity contribution is 7.94. The Hall–Kier alpha value is -2.78. The second-order valence-corrected chi connectivity index (χ2v) is 9.73. The minimum atomic E-state index is -3.69. The molecule has 164 valence electrons. The molecule has 0 radical (unpaired) electrons. The predicted molar refractivity (Wildman–Crippen MR) is 115 cm³/mol. The number of benzene rings is 2. The van der Waals surface area contributed by atoms with E-state index < -0.39 is 15.9 Å². The maximum atomic E-state index is 13.4. The van der Waals surface area contributed by atoms with Gasteiger partial charge < -0.3 is 5.32 Å². The van der Waals surface area contributed by atoms with Gasteiger partial charge in [-0.15, -0.1) is 0 Å². The van der Waals surface area contributed by atoms with Crippen molar-refractivity contribution in [3.8, 4) is 0 Å². The lowest BCUT2D eigenvalue weighted by molar-refractivity contribution is -0.116. The molecule has 2 aliphatic rings. The van der Waals surface area contributed by atoms with Crippen LogP contribution >= 0.6 is 0 Å². The number of hydrogen-bond acceptors (Lipinski definition) is 5. The predicted octanol–water partition coefficient (Wildman–Crippen LogP) is 2.46. The number of sulfonamides is 1. The Labute approximate surface area is 180 Å². The Bertz CT molecular complexity index is 1080. The number of nitrogens with one attached hydrogen (secondary N) is 1. The average Bonchev–Trinajstić information content (AvgIpc) is 3.37. The van der Waals surface area contributed by atoms with Crippen LogP contribution in [-0.4, -0.2) is 50.5 Å². The summed E-state index contributed by atoms with van der Waals surface area (Å²) in [5, 5.41) is 2.91. The van der Waals surface area contributed by atoms with Crippen LogP contribution < -0.4 is 9.62 Å². The van der Waals surface area contributed by atoms with Gasteiger partial charge in [0.05, 0.1) is 17.5 Å². The smallest absolute Gasteiger partial charge is 0.251 e. The molecule has 2 aliphatic heterocycles. The van der Waals surface area contributed by atoms with Crippen molar-refractivity contribution in [2.45, 2.75) is 25.3 Å². The molecular formula is C22H24FN3O4S. The number of likely N-dealkylation sites (tertiary alicyclic amines) is 1. The van der Waals surface area contributed by atoms with Crippen LogP contribution in [0.15, 0.2) is 48.5 Å². The van der Waals surface area contributed by atoms with E-state index in [4.69, 9.17) is 0 Å². The molecule has 0 saturated carbocycles. The lowest BCUT2D eigenvalue weighted by atomic mass is 10.0. The number of carbonyl (C=O) groups is 2. The molecule has 0 spiro atoms. The Morgan fingerprint density at radius 1 is 1.10 bits per heavy atom. The molecule has 0 aliphatic carbocycles. The lowest BCUT2D eigenvalue weighted by Gasteiger charge is -2.28. The van der Waals surface area contributed by atoms with Gasteiger partial charge in [0.1, 0.15) is 5.82 Å². The maximum absolute atomic E-state index is 13.4. The largest absolute Gasteiger partial charge is 0.350 e. The molecule has 2 amide bonds. The third-order valence-corrected chi connectivity index (χ3v) is 7.40. The highest BCUT2D eigenvalue weighted by atomic mass is 32.2. The molecule has 2 aromatic carbocycles. The van der Waals surface area contributed by atoms with Gasteiger partial charge in [0.15, 0.2) is 0 Å². The van der Waals surface area contributed by atoms with Crippen LogP contribution in [0.25, 0.3) is 0 Å². The van der Waals surface area contributed by atoms with Crippen molar-refractivity contribution in [2.24, 2.45) is 0 Å². The highest BCUT2D eigenvalue weighted by Crippen LogP contribution is 2.27. The number of halogens is 1. The number of hydrogen-bond donors (Lipinski definition) is 1. The van der Waals surface area contributed by atoms with Crippen molar-refractivity contribution >= 4 is 27.5 Å². The van der Waals surface area contributed by atoms with Crippen molar-refractivity contribution in [1.29, 1.82) is 0 Å².